The Bertz CT molecular complexity index is 885. The maximum absolute atomic E-state index is 13.7. The van der Waals surface area contributed by atoms with Crippen LogP contribution in [0.2, 0.25) is 0 Å². The third-order valence-electron chi connectivity index (χ3n) is 6.97. The Morgan fingerprint density at radius 2 is 1.94 bits per heavy atom. The maximum Gasteiger partial charge on any atom is 0.338 e. The SMILES string of the molecule is CCC(C)C(N)C(=O)C1(C(=O)O)C(C(=O)OCc2ccccc2)CCN1C(=O)C1CCCN1. The molecule has 2 heterocycles. The van der Waals surface area contributed by atoms with Gasteiger partial charge in [-0.05, 0) is 37.3 Å². The first-order valence-corrected chi connectivity index (χ1v) is 11.5. The Labute approximate surface area is 193 Å². The molecule has 0 radical (unpaired) electrons. The average molecular weight is 460 g/mol. The number of ketones is 1. The first-order chi connectivity index (χ1) is 15.7. The maximum atomic E-state index is 13.7. The second kappa shape index (κ2) is 10.4. The van der Waals surface area contributed by atoms with Crippen LogP contribution >= 0.6 is 0 Å². The molecule has 0 aromatic heterocycles. The van der Waals surface area contributed by atoms with E-state index in [9.17, 15) is 24.3 Å². The highest BCUT2D eigenvalue weighted by atomic mass is 16.5. The number of likely N-dealkylation sites (tertiary alicyclic amines) is 1. The number of carboxylic acid groups (broad SMARTS) is 1. The Morgan fingerprint density at radius 3 is 2.52 bits per heavy atom. The first-order valence-electron chi connectivity index (χ1n) is 11.5. The third-order valence-corrected chi connectivity index (χ3v) is 6.97. The summed E-state index contributed by atoms with van der Waals surface area (Å²) in [5.41, 5.74) is 4.54. The number of rotatable bonds is 9. The summed E-state index contributed by atoms with van der Waals surface area (Å²) in [4.78, 5) is 54.1. The van der Waals surface area contributed by atoms with Crippen LogP contribution in [0.25, 0.3) is 0 Å². The summed E-state index contributed by atoms with van der Waals surface area (Å²) in [6, 6.07) is 7.24. The molecule has 9 heteroatoms. The fourth-order valence-corrected chi connectivity index (χ4v) is 4.76. The van der Waals surface area contributed by atoms with E-state index >= 15 is 0 Å². The average Bonchev–Trinajstić information content (AvgIpc) is 3.50. The number of carboxylic acids is 1. The number of carbonyl (C=O) groups excluding carboxylic acids is 3. The van der Waals surface area contributed by atoms with Crippen molar-refractivity contribution in [1.29, 1.82) is 0 Å². The fraction of sp³-hybridized carbons (Fsp3) is 0.583. The molecule has 5 unspecified atom stereocenters. The number of benzene rings is 1. The molecule has 4 N–H and O–H groups in total. The number of nitrogens with two attached hydrogens (primary N) is 1. The molecule has 0 aliphatic carbocycles. The molecule has 0 bridgehead atoms. The van der Waals surface area contributed by atoms with E-state index in [1.54, 1.807) is 31.2 Å². The van der Waals surface area contributed by atoms with Crippen LogP contribution in [-0.2, 0) is 30.5 Å². The lowest BCUT2D eigenvalue weighted by Crippen LogP contribution is -2.69. The predicted octanol–water partition coefficient (Wildman–Crippen LogP) is 1.10. The molecule has 2 aliphatic rings. The van der Waals surface area contributed by atoms with E-state index < -0.39 is 47.2 Å². The molecular formula is C24H33N3O6. The molecular weight excluding hydrogens is 426 g/mol. The molecule has 1 amide bonds. The number of esters is 1. The van der Waals surface area contributed by atoms with Crippen LogP contribution in [0.1, 0.15) is 45.1 Å². The predicted molar refractivity (Wildman–Crippen MR) is 120 cm³/mol. The van der Waals surface area contributed by atoms with Crippen LogP contribution in [0.3, 0.4) is 0 Å². The van der Waals surface area contributed by atoms with Crippen LogP contribution < -0.4 is 11.1 Å². The van der Waals surface area contributed by atoms with E-state index in [4.69, 9.17) is 10.5 Å². The van der Waals surface area contributed by atoms with Crippen LogP contribution in [0, 0.1) is 11.8 Å². The molecule has 2 fully saturated rings. The summed E-state index contributed by atoms with van der Waals surface area (Å²) in [7, 11) is 0. The van der Waals surface area contributed by atoms with Gasteiger partial charge in [0.2, 0.25) is 11.4 Å². The number of hydrogen-bond donors (Lipinski definition) is 3. The van der Waals surface area contributed by atoms with Gasteiger partial charge in [0, 0.05) is 6.54 Å². The van der Waals surface area contributed by atoms with Crippen LogP contribution in [0.4, 0.5) is 0 Å². The largest absolute Gasteiger partial charge is 0.479 e. The van der Waals surface area contributed by atoms with Crippen molar-refractivity contribution in [3.63, 3.8) is 0 Å². The van der Waals surface area contributed by atoms with Crippen molar-refractivity contribution in [3.8, 4) is 0 Å². The number of Topliss-reactive ketones (excluding diaryl/α,β-unsaturated/α-hetero) is 1. The Hall–Kier alpha value is -2.78. The minimum atomic E-state index is -2.39. The normalized spacial score (nSPS) is 26.6. The molecule has 1 aromatic carbocycles. The van der Waals surface area contributed by atoms with Crippen LogP contribution in [-0.4, -0.2) is 64.3 Å². The Balaban J connectivity index is 1.97. The molecule has 9 nitrogen and oxygen atoms in total. The lowest BCUT2D eigenvalue weighted by molar-refractivity contribution is -0.173. The summed E-state index contributed by atoms with van der Waals surface area (Å²) >= 11 is 0. The standard InChI is InChI=1S/C24H33N3O6/c1-3-15(2)19(25)20(28)24(23(31)32)17(22(30)33-14-16-8-5-4-6-9-16)11-13-27(24)21(29)18-10-7-12-26-18/h4-6,8-9,15,17-19,26H,3,7,10-14,25H2,1-2H3,(H,31,32). The second-order valence-corrected chi connectivity index (χ2v) is 8.92. The highest BCUT2D eigenvalue weighted by Gasteiger charge is 2.66. The van der Waals surface area contributed by atoms with Gasteiger partial charge in [-0.1, -0.05) is 50.6 Å². The molecule has 2 aliphatic heterocycles. The van der Waals surface area contributed by atoms with Gasteiger partial charge in [0.05, 0.1) is 12.1 Å². The van der Waals surface area contributed by atoms with Gasteiger partial charge in [-0.15, -0.1) is 0 Å². The molecule has 0 saturated carbocycles. The molecule has 1 aromatic rings. The summed E-state index contributed by atoms with van der Waals surface area (Å²) in [5.74, 6) is -5.34. The summed E-state index contributed by atoms with van der Waals surface area (Å²) < 4.78 is 5.44. The highest BCUT2D eigenvalue weighted by molar-refractivity contribution is 6.16. The van der Waals surface area contributed by atoms with Gasteiger partial charge in [-0.25, -0.2) is 4.79 Å². The molecule has 0 spiro atoms. The van der Waals surface area contributed by atoms with Crippen molar-refractivity contribution in [2.24, 2.45) is 17.6 Å². The summed E-state index contributed by atoms with van der Waals surface area (Å²) in [5, 5.41) is 13.5. The summed E-state index contributed by atoms with van der Waals surface area (Å²) in [6.45, 7) is 4.13. The second-order valence-electron chi connectivity index (χ2n) is 8.92. The van der Waals surface area contributed by atoms with Gasteiger partial charge in [0.1, 0.15) is 12.5 Å². The van der Waals surface area contributed by atoms with E-state index in [1.165, 1.54) is 0 Å². The van der Waals surface area contributed by atoms with E-state index in [2.05, 4.69) is 5.32 Å². The zero-order chi connectivity index (χ0) is 24.2. The molecule has 180 valence electrons. The number of ether oxygens (including phenoxy) is 1. The van der Waals surface area contributed by atoms with Crippen molar-refractivity contribution < 1.29 is 29.0 Å². The van der Waals surface area contributed by atoms with Crippen LogP contribution in [0.5, 0.6) is 0 Å². The Kier molecular flexibility index (Phi) is 7.86. The van der Waals surface area contributed by atoms with Crippen molar-refractivity contribution in [2.45, 2.75) is 63.8 Å². The fourth-order valence-electron chi connectivity index (χ4n) is 4.76. The van der Waals surface area contributed by atoms with Crippen molar-refractivity contribution in [1.82, 2.24) is 10.2 Å². The van der Waals surface area contributed by atoms with Gasteiger partial charge in [0.25, 0.3) is 0 Å². The van der Waals surface area contributed by atoms with E-state index in [0.717, 1.165) is 16.9 Å². The van der Waals surface area contributed by atoms with Gasteiger partial charge in [0.15, 0.2) is 5.78 Å². The zero-order valence-electron chi connectivity index (χ0n) is 19.2. The number of amides is 1. The van der Waals surface area contributed by atoms with Gasteiger partial charge in [-0.2, -0.15) is 0 Å². The number of aliphatic carboxylic acids is 1. The number of nitrogens with zero attached hydrogens (tertiary/aromatic N) is 1. The van der Waals surface area contributed by atoms with Crippen molar-refractivity contribution in [2.75, 3.05) is 13.1 Å². The van der Waals surface area contributed by atoms with Crippen molar-refractivity contribution in [3.05, 3.63) is 35.9 Å². The minimum Gasteiger partial charge on any atom is -0.479 e. The third kappa shape index (κ3) is 4.65. The topological polar surface area (TPSA) is 139 Å². The lowest BCUT2D eigenvalue weighted by Gasteiger charge is -2.39. The monoisotopic (exact) mass is 459 g/mol. The van der Waals surface area contributed by atoms with Gasteiger partial charge in [-0.3, -0.25) is 14.4 Å². The first kappa shape index (κ1) is 24.9. The molecule has 3 rings (SSSR count). The molecule has 5 atom stereocenters. The summed E-state index contributed by atoms with van der Waals surface area (Å²) in [6.07, 6.45) is 1.87. The smallest absolute Gasteiger partial charge is 0.338 e. The van der Waals surface area contributed by atoms with Gasteiger partial charge < -0.3 is 25.8 Å². The molecule has 33 heavy (non-hydrogen) atoms. The van der Waals surface area contributed by atoms with Gasteiger partial charge >= 0.3 is 11.9 Å². The number of hydrogen-bond acceptors (Lipinski definition) is 7. The minimum absolute atomic E-state index is 0.0113. The zero-order valence-corrected chi connectivity index (χ0v) is 19.2. The quantitative estimate of drug-likeness (QED) is 0.368. The lowest BCUT2D eigenvalue weighted by atomic mass is 9.75. The van der Waals surface area contributed by atoms with Crippen molar-refractivity contribution >= 4 is 23.6 Å². The van der Waals surface area contributed by atoms with E-state index in [1.807, 2.05) is 13.0 Å². The number of nitrogens with one attached hydrogen (secondary N) is 1. The Morgan fingerprint density at radius 1 is 1.24 bits per heavy atom. The van der Waals surface area contributed by atoms with E-state index in [-0.39, 0.29) is 25.5 Å². The number of carbonyl (C=O) groups is 4. The molecule has 2 saturated heterocycles. The van der Waals surface area contributed by atoms with E-state index in [0.29, 0.717) is 19.4 Å². The van der Waals surface area contributed by atoms with Crippen LogP contribution in [0.15, 0.2) is 30.3 Å². The highest BCUT2D eigenvalue weighted by Crippen LogP contribution is 2.40.